The molecule has 0 aromatic heterocycles. The van der Waals surface area contributed by atoms with E-state index in [1.807, 2.05) is 0 Å². The van der Waals surface area contributed by atoms with E-state index in [0.29, 0.717) is 0 Å². The van der Waals surface area contributed by atoms with Gasteiger partial charge in [0.1, 0.15) is 9.79 Å². The van der Waals surface area contributed by atoms with Gasteiger partial charge >= 0.3 is 0 Å². The zero-order chi connectivity index (χ0) is 15.5. The molecule has 0 saturated carbocycles. The number of benzene rings is 1. The third kappa shape index (κ3) is 1.69. The van der Waals surface area contributed by atoms with Gasteiger partial charge in [0.2, 0.25) is 0 Å². The number of hydrogen-bond donors (Lipinski definition) is 0. The van der Waals surface area contributed by atoms with Crippen LogP contribution in [-0.2, 0) is 20.0 Å². The monoisotopic (exact) mass is 333 g/mol. The lowest BCUT2D eigenvalue weighted by atomic mass is 10.3. The van der Waals surface area contributed by atoms with Crippen molar-refractivity contribution in [3.8, 4) is 0 Å². The molecule has 1 aromatic rings. The van der Waals surface area contributed by atoms with Crippen molar-refractivity contribution in [1.29, 1.82) is 0 Å². The predicted molar refractivity (Wildman–Crippen MR) is 57.6 cm³/mol. The fourth-order valence-electron chi connectivity index (χ4n) is 1.81. The van der Waals surface area contributed by atoms with Crippen molar-refractivity contribution < 1.29 is 34.4 Å². The summed E-state index contributed by atoms with van der Waals surface area (Å²) in [5, 5.41) is 0. The highest BCUT2D eigenvalue weighted by atomic mass is 32.3. The second-order valence-electron chi connectivity index (χ2n) is 3.92. The molecule has 0 radical (unpaired) electrons. The maximum atomic E-state index is 13.5. The lowest BCUT2D eigenvalue weighted by Gasteiger charge is -2.11. The van der Waals surface area contributed by atoms with E-state index in [1.165, 1.54) is 6.92 Å². The van der Waals surface area contributed by atoms with Crippen molar-refractivity contribution >= 4 is 20.0 Å². The minimum Gasteiger partial charge on any atom is -0.206 e. The molecule has 1 aliphatic heterocycles. The molecule has 0 bridgehead atoms. The van der Waals surface area contributed by atoms with E-state index in [9.17, 15) is 34.4 Å². The van der Waals surface area contributed by atoms with E-state index in [1.54, 1.807) is 0 Å². The Bertz CT molecular complexity index is 739. The molecule has 1 heterocycles. The first-order valence-corrected chi connectivity index (χ1v) is 8.10. The molecule has 0 N–H and O–H groups in total. The van der Waals surface area contributed by atoms with Gasteiger partial charge in [-0.05, 0) is 6.42 Å². The Morgan fingerprint density at radius 1 is 0.800 bits per heavy atom. The Kier molecular flexibility index (Phi) is 3.34. The van der Waals surface area contributed by atoms with Gasteiger partial charge in [-0.25, -0.2) is 34.4 Å². The van der Waals surface area contributed by atoms with Crippen LogP contribution in [0, 0.1) is 23.3 Å². The summed E-state index contributed by atoms with van der Waals surface area (Å²) in [6.45, 7) is 0.823. The Balaban J connectivity index is 3.01. The first-order valence-electron chi connectivity index (χ1n) is 5.22. The summed E-state index contributed by atoms with van der Waals surface area (Å²) in [6.07, 6.45) is 0.0145. The zero-order valence-electron chi connectivity index (χ0n) is 9.82. The SMILES string of the molecule is CCCN1S(=O)(=O)c2c(F)c(F)c(F)c(F)c2S1(=O)=O. The molecule has 1 aliphatic rings. The molecule has 0 unspecified atom stereocenters. The molecule has 0 aliphatic carbocycles. The number of halogens is 4. The highest BCUT2D eigenvalue weighted by Crippen LogP contribution is 2.41. The van der Waals surface area contributed by atoms with Gasteiger partial charge in [-0.3, -0.25) is 0 Å². The van der Waals surface area contributed by atoms with Crippen LogP contribution in [-0.4, -0.2) is 27.1 Å². The van der Waals surface area contributed by atoms with Crippen molar-refractivity contribution in [1.82, 2.24) is 3.71 Å². The Morgan fingerprint density at radius 3 is 1.45 bits per heavy atom. The number of hydrogen-bond acceptors (Lipinski definition) is 4. The summed E-state index contributed by atoms with van der Waals surface area (Å²) >= 11 is 0. The van der Waals surface area contributed by atoms with Crippen LogP contribution in [0.2, 0.25) is 0 Å². The molecule has 20 heavy (non-hydrogen) atoms. The van der Waals surface area contributed by atoms with E-state index in [2.05, 4.69) is 0 Å². The molecule has 2 rings (SSSR count). The van der Waals surface area contributed by atoms with Crippen molar-refractivity contribution in [2.45, 2.75) is 23.1 Å². The molecular formula is C9H7F4NO4S2. The fraction of sp³-hybridized carbons (Fsp3) is 0.333. The van der Waals surface area contributed by atoms with E-state index >= 15 is 0 Å². The zero-order valence-corrected chi connectivity index (χ0v) is 11.5. The largest absolute Gasteiger partial charge is 0.260 e. The summed E-state index contributed by atoms with van der Waals surface area (Å²) in [5.74, 6) is -9.25. The first-order chi connectivity index (χ1) is 9.08. The number of rotatable bonds is 2. The summed E-state index contributed by atoms with van der Waals surface area (Å²) < 4.78 is 101. The van der Waals surface area contributed by atoms with Crippen molar-refractivity contribution in [2.24, 2.45) is 0 Å². The Labute approximate surface area is 111 Å². The average Bonchev–Trinajstić information content (AvgIpc) is 2.51. The van der Waals surface area contributed by atoms with E-state index in [-0.39, 0.29) is 10.1 Å². The molecule has 1 aromatic carbocycles. The topological polar surface area (TPSA) is 71.5 Å². The minimum atomic E-state index is -4.98. The maximum Gasteiger partial charge on any atom is 0.260 e. The van der Waals surface area contributed by atoms with Crippen LogP contribution in [0.3, 0.4) is 0 Å². The second kappa shape index (κ2) is 4.40. The molecule has 0 spiro atoms. The van der Waals surface area contributed by atoms with E-state index in [4.69, 9.17) is 0 Å². The molecule has 0 fully saturated rings. The van der Waals surface area contributed by atoms with Crippen molar-refractivity contribution in [2.75, 3.05) is 6.54 Å². The molecule has 0 amide bonds. The third-order valence-corrected chi connectivity index (χ3v) is 7.18. The summed E-state index contributed by atoms with van der Waals surface area (Å²) in [6, 6.07) is 0. The molecule has 11 heteroatoms. The molecule has 0 saturated heterocycles. The Hall–Kier alpha value is -1.20. The van der Waals surface area contributed by atoms with Gasteiger partial charge in [0.15, 0.2) is 23.3 Å². The highest BCUT2D eigenvalue weighted by molar-refractivity contribution is 8.06. The maximum absolute atomic E-state index is 13.5. The van der Waals surface area contributed by atoms with Gasteiger partial charge < -0.3 is 0 Å². The number of sulfonamides is 2. The van der Waals surface area contributed by atoms with Gasteiger partial charge in [0.25, 0.3) is 20.0 Å². The summed E-state index contributed by atoms with van der Waals surface area (Å²) in [4.78, 5) is -3.38. The highest BCUT2D eigenvalue weighted by Gasteiger charge is 2.52. The van der Waals surface area contributed by atoms with Crippen molar-refractivity contribution in [3.05, 3.63) is 23.3 Å². The molecule has 112 valence electrons. The van der Waals surface area contributed by atoms with Crippen LogP contribution in [0.25, 0.3) is 0 Å². The number of fused-ring (bicyclic) bond motifs is 1. The lowest BCUT2D eigenvalue weighted by molar-refractivity contribution is 0.381. The van der Waals surface area contributed by atoms with Crippen LogP contribution >= 0.6 is 0 Å². The third-order valence-electron chi connectivity index (χ3n) is 2.64. The van der Waals surface area contributed by atoms with Gasteiger partial charge in [0, 0.05) is 6.54 Å². The number of nitrogens with zero attached hydrogens (tertiary/aromatic N) is 1. The lowest BCUT2D eigenvalue weighted by Crippen LogP contribution is -2.31. The predicted octanol–water partition coefficient (Wildman–Crippen LogP) is 1.35. The van der Waals surface area contributed by atoms with Crippen molar-refractivity contribution in [3.63, 3.8) is 0 Å². The summed E-state index contributed by atoms with van der Waals surface area (Å²) in [7, 11) is -9.97. The van der Waals surface area contributed by atoms with Crippen LogP contribution in [0.15, 0.2) is 9.79 Å². The molecule has 5 nitrogen and oxygen atoms in total. The average molecular weight is 333 g/mol. The second-order valence-corrected chi connectivity index (χ2v) is 7.75. The fourth-order valence-corrected chi connectivity index (χ4v) is 6.45. The standard InChI is InChI=1S/C9H7F4NO4S2/c1-2-3-14-19(15,16)8-6(12)4(10)5(11)7(13)9(8)20(14,17)18/h2-3H2,1H3. The Morgan fingerprint density at radius 2 is 1.15 bits per heavy atom. The van der Waals surface area contributed by atoms with Crippen LogP contribution < -0.4 is 0 Å². The van der Waals surface area contributed by atoms with Gasteiger partial charge in [-0.1, -0.05) is 10.6 Å². The van der Waals surface area contributed by atoms with Gasteiger partial charge in [0.05, 0.1) is 0 Å². The molecule has 0 atom stereocenters. The van der Waals surface area contributed by atoms with E-state index in [0.717, 1.165) is 0 Å². The normalized spacial score (nSPS) is 20.1. The quantitative estimate of drug-likeness (QED) is 0.465. The van der Waals surface area contributed by atoms with Crippen LogP contribution in [0.1, 0.15) is 13.3 Å². The van der Waals surface area contributed by atoms with Gasteiger partial charge in [-0.15, -0.1) is 0 Å². The van der Waals surface area contributed by atoms with Crippen LogP contribution in [0.4, 0.5) is 17.6 Å². The smallest absolute Gasteiger partial charge is 0.206 e. The first kappa shape index (κ1) is 15.2. The van der Waals surface area contributed by atoms with Crippen LogP contribution in [0.5, 0.6) is 0 Å². The van der Waals surface area contributed by atoms with Gasteiger partial charge in [-0.2, -0.15) is 0 Å². The van der Waals surface area contributed by atoms with E-state index < -0.39 is 59.7 Å². The minimum absolute atomic E-state index is 0.0145. The summed E-state index contributed by atoms with van der Waals surface area (Å²) in [5.41, 5.74) is 0. The molecular weight excluding hydrogens is 326 g/mol.